The first-order chi connectivity index (χ1) is 4.70. The molecule has 0 aromatic carbocycles. The first-order valence-electron chi connectivity index (χ1n) is 3.44. The molecule has 0 fully saturated rings. The smallest absolute Gasteiger partial charge is 0.156 e. The average molecular weight is 148 g/mol. The third kappa shape index (κ3) is 4.73. The Morgan fingerprint density at radius 1 is 1.20 bits per heavy atom. The number of aliphatic hydroxyl groups is 1. The van der Waals surface area contributed by atoms with Crippen LogP contribution in [-0.4, -0.2) is 31.7 Å². The Balaban J connectivity index is 3.26. The van der Waals surface area contributed by atoms with Gasteiger partial charge in [0.1, 0.15) is 0 Å². The van der Waals surface area contributed by atoms with Gasteiger partial charge in [-0.2, -0.15) is 0 Å². The van der Waals surface area contributed by atoms with Crippen LogP contribution in [0.15, 0.2) is 0 Å². The third-order valence-corrected chi connectivity index (χ3v) is 1.35. The summed E-state index contributed by atoms with van der Waals surface area (Å²) in [6.45, 7) is 1.75. The van der Waals surface area contributed by atoms with E-state index in [0.717, 1.165) is 6.42 Å². The molecule has 0 spiro atoms. The summed E-state index contributed by atoms with van der Waals surface area (Å²) < 4.78 is 9.83. The minimum absolute atomic E-state index is 0.172. The van der Waals surface area contributed by atoms with Gasteiger partial charge in [-0.15, -0.1) is 0 Å². The van der Waals surface area contributed by atoms with Gasteiger partial charge in [0.2, 0.25) is 0 Å². The van der Waals surface area contributed by atoms with Gasteiger partial charge in [-0.05, 0) is 13.3 Å². The summed E-state index contributed by atoms with van der Waals surface area (Å²) in [5, 5.41) is 8.88. The summed E-state index contributed by atoms with van der Waals surface area (Å²) in [4.78, 5) is 0. The minimum atomic E-state index is -0.271. The zero-order valence-corrected chi connectivity index (χ0v) is 6.83. The van der Waals surface area contributed by atoms with Crippen LogP contribution >= 0.6 is 0 Å². The Morgan fingerprint density at radius 3 is 2.00 bits per heavy atom. The molecule has 0 bridgehead atoms. The van der Waals surface area contributed by atoms with Gasteiger partial charge in [-0.25, -0.2) is 0 Å². The zero-order valence-electron chi connectivity index (χ0n) is 6.83. The Bertz CT molecular complexity index is 69.3. The average Bonchev–Trinajstić information content (AvgIpc) is 1.90. The lowest BCUT2D eigenvalue weighted by atomic mass is 10.2. The van der Waals surface area contributed by atoms with Gasteiger partial charge in [0.25, 0.3) is 0 Å². The first-order valence-corrected chi connectivity index (χ1v) is 3.44. The summed E-state index contributed by atoms with van der Waals surface area (Å²) in [5.41, 5.74) is 0. The van der Waals surface area contributed by atoms with Gasteiger partial charge < -0.3 is 14.6 Å². The van der Waals surface area contributed by atoms with Crippen LogP contribution in [0, 0.1) is 0 Å². The van der Waals surface area contributed by atoms with Crippen LogP contribution in [-0.2, 0) is 9.47 Å². The van der Waals surface area contributed by atoms with Gasteiger partial charge in [-0.1, -0.05) is 0 Å². The summed E-state index contributed by atoms with van der Waals surface area (Å²) in [5.74, 6) is 0. The number of hydrogen-bond acceptors (Lipinski definition) is 3. The molecule has 0 radical (unpaired) electrons. The molecule has 0 aliphatic carbocycles. The molecular weight excluding hydrogens is 132 g/mol. The van der Waals surface area contributed by atoms with Crippen LogP contribution in [0.3, 0.4) is 0 Å². The largest absolute Gasteiger partial charge is 0.393 e. The topological polar surface area (TPSA) is 38.7 Å². The number of aliphatic hydroxyl groups excluding tert-OH is 1. The molecule has 0 amide bonds. The van der Waals surface area contributed by atoms with Crippen LogP contribution in [0.25, 0.3) is 0 Å². The molecule has 1 N–H and O–H groups in total. The molecule has 10 heavy (non-hydrogen) atoms. The van der Waals surface area contributed by atoms with E-state index in [1.165, 1.54) is 0 Å². The highest BCUT2D eigenvalue weighted by Crippen LogP contribution is 2.04. The van der Waals surface area contributed by atoms with Crippen molar-refractivity contribution in [1.82, 2.24) is 0 Å². The van der Waals surface area contributed by atoms with Gasteiger partial charge in [0.15, 0.2) is 6.29 Å². The Hall–Kier alpha value is -0.120. The van der Waals surface area contributed by atoms with Crippen LogP contribution in [0.5, 0.6) is 0 Å². The van der Waals surface area contributed by atoms with Crippen molar-refractivity contribution in [3.05, 3.63) is 0 Å². The van der Waals surface area contributed by atoms with Crippen molar-refractivity contribution in [1.29, 1.82) is 0 Å². The Morgan fingerprint density at radius 2 is 1.70 bits per heavy atom. The predicted octanol–water partition coefficient (Wildman–Crippen LogP) is 0.766. The Labute approximate surface area is 62.0 Å². The van der Waals surface area contributed by atoms with Crippen molar-refractivity contribution in [2.24, 2.45) is 0 Å². The van der Waals surface area contributed by atoms with Gasteiger partial charge in [0, 0.05) is 20.6 Å². The van der Waals surface area contributed by atoms with E-state index in [-0.39, 0.29) is 12.4 Å². The quantitative estimate of drug-likeness (QED) is 0.585. The summed E-state index contributed by atoms with van der Waals surface area (Å²) in [7, 11) is 3.19. The molecule has 0 saturated carbocycles. The van der Waals surface area contributed by atoms with Crippen molar-refractivity contribution in [3.63, 3.8) is 0 Å². The number of ether oxygens (including phenoxy) is 2. The molecule has 0 aliphatic rings. The molecule has 3 nitrogen and oxygen atoms in total. The summed E-state index contributed by atoms with van der Waals surface area (Å²) in [6.07, 6.45) is 1.01. The van der Waals surface area contributed by atoms with Crippen molar-refractivity contribution < 1.29 is 14.6 Å². The van der Waals surface area contributed by atoms with Crippen LogP contribution in [0.4, 0.5) is 0 Å². The summed E-state index contributed by atoms with van der Waals surface area (Å²) >= 11 is 0. The number of hydrogen-bond donors (Lipinski definition) is 1. The fourth-order valence-electron chi connectivity index (χ4n) is 0.709. The van der Waals surface area contributed by atoms with E-state index in [1.807, 2.05) is 0 Å². The van der Waals surface area contributed by atoms with Gasteiger partial charge in [0.05, 0.1) is 6.10 Å². The SMILES string of the molecule is COC(CC[C@@H](C)O)OC. The highest BCUT2D eigenvalue weighted by molar-refractivity contribution is 4.49. The lowest BCUT2D eigenvalue weighted by molar-refractivity contribution is -0.110. The van der Waals surface area contributed by atoms with E-state index < -0.39 is 0 Å². The lowest BCUT2D eigenvalue weighted by Crippen LogP contribution is -2.15. The molecule has 0 rings (SSSR count). The van der Waals surface area contributed by atoms with Gasteiger partial charge >= 0.3 is 0 Å². The monoisotopic (exact) mass is 148 g/mol. The molecule has 1 atom stereocenters. The molecule has 0 aliphatic heterocycles. The molecule has 0 aromatic rings. The third-order valence-electron chi connectivity index (χ3n) is 1.35. The van der Waals surface area contributed by atoms with E-state index in [4.69, 9.17) is 14.6 Å². The van der Waals surface area contributed by atoms with Crippen molar-refractivity contribution in [3.8, 4) is 0 Å². The normalized spacial score (nSPS) is 14.1. The molecule has 0 saturated heterocycles. The number of rotatable bonds is 5. The maximum atomic E-state index is 8.88. The van der Waals surface area contributed by atoms with Crippen molar-refractivity contribution in [2.75, 3.05) is 14.2 Å². The second kappa shape index (κ2) is 5.65. The van der Waals surface area contributed by atoms with Crippen LogP contribution in [0.1, 0.15) is 19.8 Å². The molecule has 0 aromatic heterocycles. The van der Waals surface area contributed by atoms with E-state index in [9.17, 15) is 0 Å². The van der Waals surface area contributed by atoms with Crippen LogP contribution < -0.4 is 0 Å². The van der Waals surface area contributed by atoms with E-state index in [0.29, 0.717) is 6.42 Å². The highest BCUT2D eigenvalue weighted by atomic mass is 16.7. The maximum Gasteiger partial charge on any atom is 0.156 e. The standard InChI is InChI=1S/C7H16O3/c1-6(8)4-5-7(9-2)10-3/h6-8H,4-5H2,1-3H3/t6-/m1/s1. The number of methoxy groups -OCH3 is 2. The van der Waals surface area contributed by atoms with E-state index in [1.54, 1.807) is 21.1 Å². The predicted molar refractivity (Wildman–Crippen MR) is 38.7 cm³/mol. The second-order valence-corrected chi connectivity index (χ2v) is 2.33. The molecule has 0 unspecified atom stereocenters. The van der Waals surface area contributed by atoms with Crippen LogP contribution in [0.2, 0.25) is 0 Å². The molecule has 3 heteroatoms. The highest BCUT2D eigenvalue weighted by Gasteiger charge is 2.05. The Kier molecular flexibility index (Phi) is 5.58. The van der Waals surface area contributed by atoms with E-state index in [2.05, 4.69) is 0 Å². The molecular formula is C7H16O3. The van der Waals surface area contributed by atoms with Crippen molar-refractivity contribution in [2.45, 2.75) is 32.2 Å². The van der Waals surface area contributed by atoms with Gasteiger partial charge in [-0.3, -0.25) is 0 Å². The molecule has 62 valence electrons. The summed E-state index contributed by atoms with van der Waals surface area (Å²) in [6, 6.07) is 0. The maximum absolute atomic E-state index is 8.88. The van der Waals surface area contributed by atoms with Crippen molar-refractivity contribution >= 4 is 0 Å². The molecule has 0 heterocycles. The lowest BCUT2D eigenvalue weighted by Gasteiger charge is -2.13. The fraction of sp³-hybridized carbons (Fsp3) is 1.00. The minimum Gasteiger partial charge on any atom is -0.393 e. The fourth-order valence-corrected chi connectivity index (χ4v) is 0.709. The van der Waals surface area contributed by atoms with E-state index >= 15 is 0 Å². The first kappa shape index (κ1) is 9.88. The second-order valence-electron chi connectivity index (χ2n) is 2.33. The zero-order chi connectivity index (χ0) is 7.98.